The Morgan fingerprint density at radius 3 is 2.45 bits per heavy atom. The number of ether oxygens (including phenoxy) is 2. The first-order chi connectivity index (χ1) is 14.1. The molecular weight excluding hydrogens is 369 g/mol. The van der Waals surface area contributed by atoms with Crippen LogP contribution in [-0.4, -0.2) is 12.9 Å². The summed E-state index contributed by atoms with van der Waals surface area (Å²) >= 11 is 0. The van der Waals surface area contributed by atoms with Crippen LogP contribution in [0.4, 0.5) is 4.39 Å². The SMILES string of the molecule is COc1ccc(/C=C(\C#N)C(=O)c2ccccc2F)cc1OCc1ccccc1. The molecule has 0 aliphatic carbocycles. The van der Waals surface area contributed by atoms with Crippen LogP contribution in [0.1, 0.15) is 21.5 Å². The molecule has 3 rings (SSSR count). The highest BCUT2D eigenvalue weighted by Gasteiger charge is 2.16. The number of hydrogen-bond acceptors (Lipinski definition) is 4. The van der Waals surface area contributed by atoms with E-state index in [4.69, 9.17) is 9.47 Å². The van der Waals surface area contributed by atoms with Gasteiger partial charge in [0.1, 0.15) is 24.1 Å². The van der Waals surface area contributed by atoms with E-state index in [0.717, 1.165) is 5.56 Å². The fourth-order valence-electron chi connectivity index (χ4n) is 2.74. The van der Waals surface area contributed by atoms with Crippen LogP contribution in [-0.2, 0) is 6.61 Å². The summed E-state index contributed by atoms with van der Waals surface area (Å²) in [5, 5.41) is 9.41. The summed E-state index contributed by atoms with van der Waals surface area (Å²) in [7, 11) is 1.53. The minimum atomic E-state index is -0.673. The van der Waals surface area contributed by atoms with Crippen molar-refractivity contribution in [3.63, 3.8) is 0 Å². The monoisotopic (exact) mass is 387 g/mol. The lowest BCUT2D eigenvalue weighted by Crippen LogP contribution is -2.04. The number of hydrogen-bond donors (Lipinski definition) is 0. The summed E-state index contributed by atoms with van der Waals surface area (Å²) in [6.45, 7) is 0.337. The Labute approximate surface area is 168 Å². The quantitative estimate of drug-likeness (QED) is 0.317. The van der Waals surface area contributed by atoms with Gasteiger partial charge in [0.15, 0.2) is 11.5 Å². The van der Waals surface area contributed by atoms with E-state index in [-0.39, 0.29) is 11.1 Å². The number of ketones is 1. The van der Waals surface area contributed by atoms with E-state index in [2.05, 4.69) is 0 Å². The van der Waals surface area contributed by atoms with E-state index in [1.807, 2.05) is 36.4 Å². The second-order valence-electron chi connectivity index (χ2n) is 6.16. The van der Waals surface area contributed by atoms with Gasteiger partial charge in [-0.15, -0.1) is 0 Å². The highest BCUT2D eigenvalue weighted by molar-refractivity contribution is 6.14. The maximum Gasteiger partial charge on any atom is 0.206 e. The molecule has 0 aliphatic heterocycles. The van der Waals surface area contributed by atoms with Crippen LogP contribution in [0.3, 0.4) is 0 Å². The second kappa shape index (κ2) is 9.34. The van der Waals surface area contributed by atoms with E-state index in [1.54, 1.807) is 24.3 Å². The van der Waals surface area contributed by atoms with Gasteiger partial charge >= 0.3 is 0 Å². The number of allylic oxidation sites excluding steroid dienone is 1. The first kappa shape index (κ1) is 19.8. The molecule has 0 fully saturated rings. The predicted molar refractivity (Wildman–Crippen MR) is 108 cm³/mol. The van der Waals surface area contributed by atoms with E-state index in [9.17, 15) is 14.4 Å². The number of benzene rings is 3. The van der Waals surface area contributed by atoms with Crippen molar-refractivity contribution in [3.8, 4) is 17.6 Å². The Balaban J connectivity index is 1.88. The summed E-state index contributed by atoms with van der Waals surface area (Å²) in [6, 6.07) is 22.1. The number of rotatable bonds is 7. The average Bonchev–Trinajstić information content (AvgIpc) is 2.76. The van der Waals surface area contributed by atoms with Crippen molar-refractivity contribution < 1.29 is 18.7 Å². The molecule has 3 aromatic carbocycles. The molecule has 0 unspecified atom stereocenters. The number of nitrogens with zero attached hydrogens (tertiary/aromatic N) is 1. The molecule has 5 heteroatoms. The van der Waals surface area contributed by atoms with Crippen molar-refractivity contribution in [1.29, 1.82) is 5.26 Å². The largest absolute Gasteiger partial charge is 0.493 e. The molecule has 29 heavy (non-hydrogen) atoms. The van der Waals surface area contributed by atoms with Gasteiger partial charge in [0.2, 0.25) is 5.78 Å². The normalized spacial score (nSPS) is 10.9. The molecule has 0 amide bonds. The van der Waals surface area contributed by atoms with Gasteiger partial charge in [0.05, 0.1) is 12.7 Å². The van der Waals surface area contributed by atoms with Gasteiger partial charge in [0, 0.05) is 0 Å². The maximum atomic E-state index is 13.9. The third kappa shape index (κ3) is 4.88. The van der Waals surface area contributed by atoms with Gasteiger partial charge in [-0.05, 0) is 41.5 Å². The minimum Gasteiger partial charge on any atom is -0.493 e. The van der Waals surface area contributed by atoms with Crippen molar-refractivity contribution in [3.05, 3.63) is 101 Å². The zero-order valence-corrected chi connectivity index (χ0v) is 15.8. The fraction of sp³-hybridized carbons (Fsp3) is 0.0833. The summed E-state index contributed by atoms with van der Waals surface area (Å²) in [6.07, 6.45) is 1.41. The molecule has 4 nitrogen and oxygen atoms in total. The van der Waals surface area contributed by atoms with Crippen LogP contribution >= 0.6 is 0 Å². The van der Waals surface area contributed by atoms with Crippen molar-refractivity contribution >= 4 is 11.9 Å². The van der Waals surface area contributed by atoms with Crippen LogP contribution in [0.25, 0.3) is 6.08 Å². The van der Waals surface area contributed by atoms with Crippen molar-refractivity contribution in [1.82, 2.24) is 0 Å². The molecule has 0 spiro atoms. The van der Waals surface area contributed by atoms with Gasteiger partial charge in [-0.2, -0.15) is 5.26 Å². The van der Waals surface area contributed by atoms with Gasteiger partial charge in [0.25, 0.3) is 0 Å². The minimum absolute atomic E-state index is 0.144. The first-order valence-corrected chi connectivity index (χ1v) is 8.88. The topological polar surface area (TPSA) is 59.3 Å². The zero-order valence-electron chi connectivity index (χ0n) is 15.8. The van der Waals surface area contributed by atoms with Crippen molar-refractivity contribution in [2.24, 2.45) is 0 Å². The first-order valence-electron chi connectivity index (χ1n) is 8.88. The average molecular weight is 387 g/mol. The highest BCUT2D eigenvalue weighted by atomic mass is 19.1. The van der Waals surface area contributed by atoms with E-state index in [0.29, 0.717) is 23.7 Å². The maximum absolute atomic E-state index is 13.9. The van der Waals surface area contributed by atoms with E-state index >= 15 is 0 Å². The molecule has 0 heterocycles. The molecule has 144 valence electrons. The Morgan fingerprint density at radius 2 is 1.76 bits per heavy atom. The zero-order chi connectivity index (χ0) is 20.6. The van der Waals surface area contributed by atoms with Crippen molar-refractivity contribution in [2.45, 2.75) is 6.61 Å². The summed E-state index contributed by atoms with van der Waals surface area (Å²) in [5.74, 6) is -0.341. The van der Waals surface area contributed by atoms with Gasteiger partial charge < -0.3 is 9.47 Å². The van der Waals surface area contributed by atoms with Crippen LogP contribution in [0.2, 0.25) is 0 Å². The Bertz CT molecular complexity index is 1080. The summed E-state index contributed by atoms with van der Waals surface area (Å²) in [5.41, 5.74) is 1.24. The molecule has 0 saturated carbocycles. The van der Waals surface area contributed by atoms with Gasteiger partial charge in [-0.1, -0.05) is 48.5 Å². The molecule has 0 aromatic heterocycles. The molecule has 0 bridgehead atoms. The molecule has 0 atom stereocenters. The predicted octanol–water partition coefficient (Wildman–Crippen LogP) is 5.20. The van der Waals surface area contributed by atoms with Gasteiger partial charge in [-0.3, -0.25) is 4.79 Å². The second-order valence-corrected chi connectivity index (χ2v) is 6.16. The van der Waals surface area contributed by atoms with Crippen LogP contribution < -0.4 is 9.47 Å². The highest BCUT2D eigenvalue weighted by Crippen LogP contribution is 2.30. The molecular formula is C24H18FNO3. The van der Waals surface area contributed by atoms with Crippen molar-refractivity contribution in [2.75, 3.05) is 7.11 Å². The third-order valence-corrected chi connectivity index (χ3v) is 4.22. The molecule has 0 N–H and O–H groups in total. The van der Waals surface area contributed by atoms with Crippen LogP contribution in [0, 0.1) is 17.1 Å². The molecule has 0 aliphatic rings. The third-order valence-electron chi connectivity index (χ3n) is 4.22. The lowest BCUT2D eigenvalue weighted by atomic mass is 10.0. The van der Waals surface area contributed by atoms with E-state index < -0.39 is 11.6 Å². The fourth-order valence-corrected chi connectivity index (χ4v) is 2.74. The number of carbonyl (C=O) groups excluding carboxylic acids is 1. The van der Waals surface area contributed by atoms with Gasteiger partial charge in [-0.25, -0.2) is 4.39 Å². The number of methoxy groups -OCH3 is 1. The number of halogens is 1. The smallest absolute Gasteiger partial charge is 0.206 e. The molecule has 0 saturated heterocycles. The standard InChI is InChI=1S/C24H18FNO3/c1-28-22-12-11-18(14-23(22)29-16-17-7-3-2-4-8-17)13-19(15-26)24(27)20-9-5-6-10-21(20)25/h2-14H,16H2,1H3/b19-13+. The summed E-state index contributed by atoms with van der Waals surface area (Å²) in [4.78, 5) is 12.5. The van der Waals surface area contributed by atoms with E-state index in [1.165, 1.54) is 31.4 Å². The lowest BCUT2D eigenvalue weighted by Gasteiger charge is -2.12. The Kier molecular flexibility index (Phi) is 6.39. The molecule has 0 radical (unpaired) electrons. The Morgan fingerprint density at radius 1 is 1.03 bits per heavy atom. The summed E-state index contributed by atoms with van der Waals surface area (Å²) < 4.78 is 25.1. The van der Waals surface area contributed by atoms with Crippen LogP contribution in [0.5, 0.6) is 11.5 Å². The number of carbonyl (C=O) groups is 1. The van der Waals surface area contributed by atoms with Crippen LogP contribution in [0.15, 0.2) is 78.4 Å². The molecule has 3 aromatic rings. The number of Topliss-reactive ketones (excluding diaryl/α,β-unsaturated/α-hetero) is 1. The Hall–Kier alpha value is -3.91. The number of nitriles is 1. The lowest BCUT2D eigenvalue weighted by molar-refractivity contribution is 0.103.